The molecule has 0 atom stereocenters. The Balaban J connectivity index is 2.01. The lowest BCUT2D eigenvalue weighted by molar-refractivity contribution is 0.0931. The second kappa shape index (κ2) is 5.65. The number of carbonyl (C=O) groups excluding carboxylic acids is 1. The summed E-state index contributed by atoms with van der Waals surface area (Å²) in [5.74, 6) is -1.96. The van der Waals surface area contributed by atoms with Crippen molar-refractivity contribution in [2.45, 2.75) is 25.7 Å². The normalized spacial score (nSPS) is 17.4. The van der Waals surface area contributed by atoms with Crippen LogP contribution in [0, 0.1) is 17.0 Å². The fourth-order valence-electron chi connectivity index (χ4n) is 2.63. The van der Waals surface area contributed by atoms with Gasteiger partial charge < -0.3 is 11.1 Å². The molecule has 1 amide bonds. The van der Waals surface area contributed by atoms with Gasteiger partial charge in [-0.3, -0.25) is 4.79 Å². The van der Waals surface area contributed by atoms with E-state index in [0.717, 1.165) is 43.9 Å². The molecule has 1 fully saturated rings. The maximum absolute atomic E-state index is 13.0. The minimum Gasteiger partial charge on any atom is -0.351 e. The predicted octanol–water partition coefficient (Wildman–Crippen LogP) is 2.21. The molecule has 1 aromatic carbocycles. The van der Waals surface area contributed by atoms with E-state index >= 15 is 0 Å². The summed E-state index contributed by atoms with van der Waals surface area (Å²) < 4.78 is 26.1. The number of nitrogens with two attached hydrogens (primary N) is 1. The maximum Gasteiger partial charge on any atom is 0.251 e. The highest BCUT2D eigenvalue weighted by Crippen LogP contribution is 2.36. The van der Waals surface area contributed by atoms with Gasteiger partial charge in [-0.15, -0.1) is 0 Å². The molecule has 0 radical (unpaired) electrons. The Morgan fingerprint density at radius 2 is 1.79 bits per heavy atom. The highest BCUT2D eigenvalue weighted by atomic mass is 19.1. The first-order valence-electron chi connectivity index (χ1n) is 6.49. The van der Waals surface area contributed by atoms with Gasteiger partial charge >= 0.3 is 0 Å². The van der Waals surface area contributed by atoms with Crippen molar-refractivity contribution in [2.75, 3.05) is 13.1 Å². The van der Waals surface area contributed by atoms with Gasteiger partial charge in [0.25, 0.3) is 5.91 Å². The molecule has 0 heterocycles. The van der Waals surface area contributed by atoms with Crippen LogP contribution in [0.4, 0.5) is 8.78 Å². The zero-order valence-electron chi connectivity index (χ0n) is 10.7. The first-order chi connectivity index (χ1) is 9.04. The summed E-state index contributed by atoms with van der Waals surface area (Å²) in [7, 11) is 0. The topological polar surface area (TPSA) is 55.1 Å². The molecule has 19 heavy (non-hydrogen) atoms. The second-order valence-electron chi connectivity index (χ2n) is 5.25. The van der Waals surface area contributed by atoms with Gasteiger partial charge in [-0.05, 0) is 36.9 Å². The molecule has 1 aliphatic carbocycles. The van der Waals surface area contributed by atoms with Gasteiger partial charge in [0.15, 0.2) is 0 Å². The fraction of sp³-hybridized carbons (Fsp3) is 0.500. The van der Waals surface area contributed by atoms with Gasteiger partial charge in [0.2, 0.25) is 0 Å². The van der Waals surface area contributed by atoms with Gasteiger partial charge in [-0.2, -0.15) is 0 Å². The third-order valence-electron chi connectivity index (χ3n) is 3.85. The fourth-order valence-corrected chi connectivity index (χ4v) is 2.63. The second-order valence-corrected chi connectivity index (χ2v) is 5.25. The van der Waals surface area contributed by atoms with E-state index in [2.05, 4.69) is 5.32 Å². The molecule has 2 rings (SSSR count). The largest absolute Gasteiger partial charge is 0.351 e. The van der Waals surface area contributed by atoms with E-state index in [0.29, 0.717) is 13.1 Å². The third-order valence-corrected chi connectivity index (χ3v) is 3.85. The predicted molar refractivity (Wildman–Crippen MR) is 68.6 cm³/mol. The van der Waals surface area contributed by atoms with Crippen LogP contribution >= 0.6 is 0 Å². The average molecular weight is 268 g/mol. The Bertz CT molecular complexity index is 450. The van der Waals surface area contributed by atoms with Crippen molar-refractivity contribution in [3.63, 3.8) is 0 Å². The van der Waals surface area contributed by atoms with Crippen LogP contribution in [-0.2, 0) is 0 Å². The number of nitrogens with one attached hydrogen (secondary N) is 1. The smallest absolute Gasteiger partial charge is 0.251 e. The number of hydrogen-bond acceptors (Lipinski definition) is 2. The van der Waals surface area contributed by atoms with Crippen molar-refractivity contribution in [3.05, 3.63) is 35.4 Å². The molecule has 0 bridgehead atoms. The zero-order chi connectivity index (χ0) is 13.9. The first-order valence-corrected chi connectivity index (χ1v) is 6.49. The Labute approximate surface area is 111 Å². The summed E-state index contributed by atoms with van der Waals surface area (Å²) in [6, 6.07) is 2.81. The summed E-state index contributed by atoms with van der Waals surface area (Å²) in [6.07, 6.45) is 4.20. The molecular weight excluding hydrogens is 250 g/mol. The van der Waals surface area contributed by atoms with Gasteiger partial charge in [-0.1, -0.05) is 12.8 Å². The Kier molecular flexibility index (Phi) is 4.14. The zero-order valence-corrected chi connectivity index (χ0v) is 10.7. The monoisotopic (exact) mass is 268 g/mol. The van der Waals surface area contributed by atoms with Crippen molar-refractivity contribution in [2.24, 2.45) is 11.1 Å². The number of rotatable bonds is 4. The number of amides is 1. The summed E-state index contributed by atoms with van der Waals surface area (Å²) >= 11 is 0. The van der Waals surface area contributed by atoms with Crippen LogP contribution in [-0.4, -0.2) is 19.0 Å². The van der Waals surface area contributed by atoms with Crippen molar-refractivity contribution in [1.82, 2.24) is 5.32 Å². The van der Waals surface area contributed by atoms with Crippen molar-refractivity contribution in [1.29, 1.82) is 0 Å². The molecular formula is C14H18F2N2O. The number of carbonyl (C=O) groups is 1. The number of hydrogen-bond donors (Lipinski definition) is 2. The SMILES string of the molecule is NCC1(CNC(=O)c2cc(F)cc(F)c2)CCCC1. The molecule has 0 saturated heterocycles. The van der Waals surface area contributed by atoms with Crippen LogP contribution in [0.3, 0.4) is 0 Å². The lowest BCUT2D eigenvalue weighted by Crippen LogP contribution is -2.40. The molecule has 1 aromatic rings. The van der Waals surface area contributed by atoms with E-state index in [9.17, 15) is 13.6 Å². The number of benzene rings is 1. The number of halogens is 2. The Morgan fingerprint density at radius 3 is 2.32 bits per heavy atom. The Morgan fingerprint density at radius 1 is 1.21 bits per heavy atom. The minimum absolute atomic E-state index is 0.00247. The van der Waals surface area contributed by atoms with Crippen molar-refractivity contribution < 1.29 is 13.6 Å². The molecule has 1 aliphatic rings. The summed E-state index contributed by atoms with van der Waals surface area (Å²) in [5, 5.41) is 2.73. The molecule has 0 aliphatic heterocycles. The van der Waals surface area contributed by atoms with E-state index in [-0.39, 0.29) is 11.0 Å². The van der Waals surface area contributed by atoms with Crippen molar-refractivity contribution >= 4 is 5.91 Å². The molecule has 5 heteroatoms. The lowest BCUT2D eigenvalue weighted by atomic mass is 9.86. The lowest BCUT2D eigenvalue weighted by Gasteiger charge is -2.27. The molecule has 1 saturated carbocycles. The van der Waals surface area contributed by atoms with Crippen LogP contribution in [0.2, 0.25) is 0 Å². The third kappa shape index (κ3) is 3.29. The van der Waals surface area contributed by atoms with E-state index in [4.69, 9.17) is 5.73 Å². The van der Waals surface area contributed by atoms with Crippen LogP contribution in [0.25, 0.3) is 0 Å². The van der Waals surface area contributed by atoms with E-state index in [1.807, 2.05) is 0 Å². The average Bonchev–Trinajstić information content (AvgIpc) is 2.84. The molecule has 0 spiro atoms. The van der Waals surface area contributed by atoms with Crippen LogP contribution < -0.4 is 11.1 Å². The molecule has 0 unspecified atom stereocenters. The van der Waals surface area contributed by atoms with E-state index < -0.39 is 17.5 Å². The standard InChI is InChI=1S/C14H18F2N2O/c15-11-5-10(6-12(16)7-11)13(19)18-9-14(8-17)3-1-2-4-14/h5-7H,1-4,8-9,17H2,(H,18,19). The molecule has 104 valence electrons. The van der Waals surface area contributed by atoms with Gasteiger partial charge in [0, 0.05) is 18.2 Å². The van der Waals surface area contributed by atoms with Crippen LogP contribution in [0.15, 0.2) is 18.2 Å². The van der Waals surface area contributed by atoms with E-state index in [1.165, 1.54) is 0 Å². The molecule has 3 N–H and O–H groups in total. The Hall–Kier alpha value is -1.49. The van der Waals surface area contributed by atoms with Gasteiger partial charge in [-0.25, -0.2) is 8.78 Å². The molecule has 3 nitrogen and oxygen atoms in total. The van der Waals surface area contributed by atoms with Gasteiger partial charge in [0.1, 0.15) is 11.6 Å². The van der Waals surface area contributed by atoms with E-state index in [1.54, 1.807) is 0 Å². The first kappa shape index (κ1) is 13.9. The highest BCUT2D eigenvalue weighted by molar-refractivity contribution is 5.94. The van der Waals surface area contributed by atoms with Gasteiger partial charge in [0.05, 0.1) is 0 Å². The quantitative estimate of drug-likeness (QED) is 0.879. The summed E-state index contributed by atoms with van der Waals surface area (Å²) in [5.41, 5.74) is 5.72. The summed E-state index contributed by atoms with van der Waals surface area (Å²) in [6.45, 7) is 0.977. The van der Waals surface area contributed by atoms with Crippen LogP contribution in [0.1, 0.15) is 36.0 Å². The summed E-state index contributed by atoms with van der Waals surface area (Å²) in [4.78, 5) is 11.9. The van der Waals surface area contributed by atoms with Crippen molar-refractivity contribution in [3.8, 4) is 0 Å². The van der Waals surface area contributed by atoms with Crippen LogP contribution in [0.5, 0.6) is 0 Å². The maximum atomic E-state index is 13.0. The minimum atomic E-state index is -0.750. The molecule has 0 aromatic heterocycles. The highest BCUT2D eigenvalue weighted by Gasteiger charge is 2.32.